The Bertz CT molecular complexity index is 1330. The van der Waals surface area contributed by atoms with Gasteiger partial charge in [0.15, 0.2) is 0 Å². The molecule has 1 heterocycles. The van der Waals surface area contributed by atoms with Crippen LogP contribution in [0.25, 0.3) is 0 Å². The van der Waals surface area contributed by atoms with Crippen molar-refractivity contribution in [2.75, 3.05) is 28.0 Å². The van der Waals surface area contributed by atoms with E-state index >= 15 is 0 Å². The molecule has 37 heavy (non-hydrogen) atoms. The van der Waals surface area contributed by atoms with Gasteiger partial charge in [0.25, 0.3) is 0 Å². The lowest BCUT2D eigenvalue weighted by Crippen LogP contribution is -2.42. The molecule has 3 N–H and O–H groups in total. The van der Waals surface area contributed by atoms with Crippen LogP contribution < -0.4 is 14.9 Å². The van der Waals surface area contributed by atoms with Crippen molar-refractivity contribution in [1.29, 1.82) is 0 Å². The van der Waals surface area contributed by atoms with E-state index in [-0.39, 0.29) is 0 Å². The molecule has 0 spiro atoms. The molecule has 3 aromatic carbocycles. The second kappa shape index (κ2) is 10.6. The molecule has 1 fully saturated rings. The summed E-state index contributed by atoms with van der Waals surface area (Å²) in [6.45, 7) is 9.31. The van der Waals surface area contributed by atoms with Crippen LogP contribution in [0.2, 0.25) is 5.02 Å². The number of halogens is 1. The Labute approximate surface area is 225 Å². The van der Waals surface area contributed by atoms with Gasteiger partial charge in [0.05, 0.1) is 10.3 Å². The summed E-state index contributed by atoms with van der Waals surface area (Å²) in [7, 11) is -3.45. The number of hydrogen-bond acceptors (Lipinski definition) is 5. The first-order chi connectivity index (χ1) is 17.4. The van der Waals surface area contributed by atoms with Gasteiger partial charge in [-0.1, -0.05) is 35.9 Å². The van der Waals surface area contributed by atoms with E-state index in [1.54, 1.807) is 32.9 Å². The van der Waals surface area contributed by atoms with E-state index < -0.39 is 20.4 Å². The smallest absolute Gasteiger partial charge is 0.237 e. The summed E-state index contributed by atoms with van der Waals surface area (Å²) in [6, 6.07) is 21.3. The number of aryl methyl sites for hydroxylation is 1. The zero-order chi connectivity index (χ0) is 26.8. The van der Waals surface area contributed by atoms with Crippen molar-refractivity contribution in [3.05, 3.63) is 88.4 Å². The van der Waals surface area contributed by atoms with Crippen molar-refractivity contribution in [2.45, 2.75) is 57.4 Å². The SMILES string of the molecule is Cc1cc(NCc2ccc(NS(=O)(=O)C(C)(C)C)cc2)ccc1N1CCC(O)(c2ccc(Cl)cc2)CC1. The van der Waals surface area contributed by atoms with Gasteiger partial charge in [-0.25, -0.2) is 8.42 Å². The van der Waals surface area contributed by atoms with E-state index in [0.29, 0.717) is 30.1 Å². The average molecular weight is 542 g/mol. The quantitative estimate of drug-likeness (QED) is 0.327. The van der Waals surface area contributed by atoms with E-state index in [1.807, 2.05) is 36.4 Å². The van der Waals surface area contributed by atoms with Gasteiger partial charge in [0.1, 0.15) is 0 Å². The average Bonchev–Trinajstić information content (AvgIpc) is 2.84. The number of nitrogens with zero attached hydrogens (tertiary/aromatic N) is 1. The first kappa shape index (κ1) is 27.3. The lowest BCUT2D eigenvalue weighted by molar-refractivity contribution is 0.0117. The molecule has 0 unspecified atom stereocenters. The van der Waals surface area contributed by atoms with Crippen molar-refractivity contribution in [3.8, 4) is 0 Å². The molecule has 0 radical (unpaired) electrons. The molecule has 1 saturated heterocycles. The molecule has 0 amide bonds. The van der Waals surface area contributed by atoms with E-state index in [1.165, 1.54) is 11.3 Å². The summed E-state index contributed by atoms with van der Waals surface area (Å²) in [6.07, 6.45) is 1.33. The second-order valence-electron chi connectivity index (χ2n) is 10.8. The Balaban J connectivity index is 1.34. The molecule has 0 bridgehead atoms. The van der Waals surface area contributed by atoms with E-state index in [0.717, 1.165) is 29.9 Å². The van der Waals surface area contributed by atoms with Crippen LogP contribution in [0.1, 0.15) is 50.3 Å². The monoisotopic (exact) mass is 541 g/mol. The maximum atomic E-state index is 12.4. The van der Waals surface area contributed by atoms with Crippen molar-refractivity contribution >= 4 is 38.7 Å². The molecule has 8 heteroatoms. The molecule has 1 aliphatic rings. The highest BCUT2D eigenvalue weighted by Crippen LogP contribution is 2.36. The standard InChI is InChI=1S/C29H36ClN3O3S/c1-21-19-26(31-20-22-5-11-25(12-6-22)32-37(35,36)28(2,3)4)13-14-27(21)33-17-15-29(34,16-18-33)23-7-9-24(30)10-8-23/h5-14,19,31-32,34H,15-18,20H2,1-4H3. The van der Waals surface area contributed by atoms with Crippen molar-refractivity contribution < 1.29 is 13.5 Å². The minimum Gasteiger partial charge on any atom is -0.385 e. The highest BCUT2D eigenvalue weighted by molar-refractivity contribution is 7.94. The van der Waals surface area contributed by atoms with Crippen LogP contribution >= 0.6 is 11.6 Å². The Kier molecular flexibility index (Phi) is 7.79. The Morgan fingerprint density at radius 1 is 0.946 bits per heavy atom. The zero-order valence-electron chi connectivity index (χ0n) is 21.9. The molecule has 1 aliphatic heterocycles. The molecule has 3 aromatic rings. The predicted octanol–water partition coefficient (Wildman–Crippen LogP) is 6.29. The summed E-state index contributed by atoms with van der Waals surface area (Å²) >= 11 is 6.01. The first-order valence-corrected chi connectivity index (χ1v) is 14.4. The summed E-state index contributed by atoms with van der Waals surface area (Å²) in [4.78, 5) is 2.33. The minimum absolute atomic E-state index is 0.559. The topological polar surface area (TPSA) is 81.7 Å². The van der Waals surface area contributed by atoms with Gasteiger partial charge in [-0.15, -0.1) is 0 Å². The van der Waals surface area contributed by atoms with Gasteiger partial charge in [0, 0.05) is 41.7 Å². The number of sulfonamides is 1. The molecule has 0 aliphatic carbocycles. The first-order valence-electron chi connectivity index (χ1n) is 12.6. The zero-order valence-corrected chi connectivity index (χ0v) is 23.5. The van der Waals surface area contributed by atoms with Gasteiger partial charge in [-0.05, 0) is 99.7 Å². The Hall–Kier alpha value is -2.74. The van der Waals surface area contributed by atoms with E-state index in [2.05, 4.69) is 40.1 Å². The fourth-order valence-corrected chi connectivity index (χ4v) is 5.37. The third-order valence-corrected chi connectivity index (χ3v) is 9.39. The molecule has 4 rings (SSSR count). The van der Waals surface area contributed by atoms with Crippen molar-refractivity contribution in [2.24, 2.45) is 0 Å². The van der Waals surface area contributed by atoms with Crippen LogP contribution in [-0.4, -0.2) is 31.4 Å². The molecule has 0 aromatic heterocycles. The van der Waals surface area contributed by atoms with Crippen LogP contribution in [0.5, 0.6) is 0 Å². The van der Waals surface area contributed by atoms with Crippen LogP contribution in [0, 0.1) is 6.92 Å². The highest BCUT2D eigenvalue weighted by atomic mass is 35.5. The number of benzene rings is 3. The van der Waals surface area contributed by atoms with Crippen molar-refractivity contribution in [3.63, 3.8) is 0 Å². The van der Waals surface area contributed by atoms with Gasteiger partial charge in [0.2, 0.25) is 10.0 Å². The van der Waals surface area contributed by atoms with E-state index in [4.69, 9.17) is 11.6 Å². The van der Waals surface area contributed by atoms with E-state index in [9.17, 15) is 13.5 Å². The van der Waals surface area contributed by atoms with Crippen LogP contribution in [0.4, 0.5) is 17.1 Å². The van der Waals surface area contributed by atoms with Gasteiger partial charge >= 0.3 is 0 Å². The number of piperidine rings is 1. The Morgan fingerprint density at radius 3 is 2.11 bits per heavy atom. The second-order valence-corrected chi connectivity index (χ2v) is 13.7. The number of anilines is 3. The largest absolute Gasteiger partial charge is 0.385 e. The van der Waals surface area contributed by atoms with Crippen LogP contribution in [0.15, 0.2) is 66.7 Å². The van der Waals surface area contributed by atoms with Crippen molar-refractivity contribution in [1.82, 2.24) is 0 Å². The predicted molar refractivity (Wildman–Crippen MR) is 154 cm³/mol. The maximum absolute atomic E-state index is 12.4. The summed E-state index contributed by atoms with van der Waals surface area (Å²) in [5.41, 5.74) is 5.09. The number of nitrogens with one attached hydrogen (secondary N) is 2. The minimum atomic E-state index is -3.45. The normalized spacial score (nSPS) is 15.9. The van der Waals surface area contributed by atoms with Crippen LogP contribution in [0.3, 0.4) is 0 Å². The van der Waals surface area contributed by atoms with Gasteiger partial charge < -0.3 is 15.3 Å². The third kappa shape index (κ3) is 6.40. The summed E-state index contributed by atoms with van der Waals surface area (Å²) in [5.74, 6) is 0. The fraction of sp³-hybridized carbons (Fsp3) is 0.379. The lowest BCUT2D eigenvalue weighted by Gasteiger charge is -2.40. The molecule has 198 valence electrons. The number of aliphatic hydroxyl groups is 1. The third-order valence-electron chi connectivity index (χ3n) is 7.02. The summed E-state index contributed by atoms with van der Waals surface area (Å²) in [5, 5.41) is 15.3. The molecular weight excluding hydrogens is 506 g/mol. The molecule has 6 nitrogen and oxygen atoms in total. The molecule has 0 atom stereocenters. The highest BCUT2D eigenvalue weighted by Gasteiger charge is 2.34. The van der Waals surface area contributed by atoms with Gasteiger partial charge in [-0.3, -0.25) is 4.72 Å². The molecule has 0 saturated carbocycles. The fourth-order valence-electron chi connectivity index (χ4n) is 4.49. The summed E-state index contributed by atoms with van der Waals surface area (Å²) < 4.78 is 26.5. The number of rotatable bonds is 7. The lowest BCUT2D eigenvalue weighted by atomic mass is 9.84. The van der Waals surface area contributed by atoms with Crippen LogP contribution in [-0.2, 0) is 22.2 Å². The molecular formula is C29H36ClN3O3S. The maximum Gasteiger partial charge on any atom is 0.237 e. The number of hydrogen-bond donors (Lipinski definition) is 3. The Morgan fingerprint density at radius 2 is 1.54 bits per heavy atom. The van der Waals surface area contributed by atoms with Gasteiger partial charge in [-0.2, -0.15) is 0 Å².